The third kappa shape index (κ3) is 6.70. The van der Waals surface area contributed by atoms with Gasteiger partial charge in [-0.2, -0.15) is 0 Å². The number of ether oxygens (including phenoxy) is 1. The fourth-order valence-corrected chi connectivity index (χ4v) is 3.17. The van der Waals surface area contributed by atoms with Gasteiger partial charge in [0, 0.05) is 13.0 Å². The lowest BCUT2D eigenvalue weighted by atomic mass is 9.89. The molecule has 2 N–H and O–H groups in total. The predicted molar refractivity (Wildman–Crippen MR) is 103 cm³/mol. The largest absolute Gasteiger partial charge is 0.444 e. The van der Waals surface area contributed by atoms with Crippen LogP contribution in [0.1, 0.15) is 76.1 Å². The van der Waals surface area contributed by atoms with E-state index in [0.29, 0.717) is 19.4 Å². The summed E-state index contributed by atoms with van der Waals surface area (Å²) in [5.41, 5.74) is 3.53. The summed E-state index contributed by atoms with van der Waals surface area (Å²) < 4.78 is 5.16. The van der Waals surface area contributed by atoms with E-state index in [2.05, 4.69) is 28.8 Å². The smallest absolute Gasteiger partial charge is 0.407 e. The third-order valence-corrected chi connectivity index (χ3v) is 4.50. The fraction of sp³-hybridized carbons (Fsp3) is 0.619. The van der Waals surface area contributed by atoms with Crippen molar-refractivity contribution in [3.8, 4) is 0 Å². The first-order valence-corrected chi connectivity index (χ1v) is 9.62. The summed E-state index contributed by atoms with van der Waals surface area (Å²) in [6, 6.07) is 6.56. The minimum atomic E-state index is -0.508. The maximum atomic E-state index is 12.1. The van der Waals surface area contributed by atoms with Gasteiger partial charge in [0.2, 0.25) is 5.91 Å². The molecule has 2 rings (SSSR count). The highest BCUT2D eigenvalue weighted by Gasteiger charge is 2.16. The van der Waals surface area contributed by atoms with Gasteiger partial charge in [0.05, 0.1) is 6.04 Å². The van der Waals surface area contributed by atoms with Crippen molar-refractivity contribution in [3.63, 3.8) is 0 Å². The number of hydrogen-bond donors (Lipinski definition) is 2. The Balaban J connectivity index is 1.71. The monoisotopic (exact) mass is 360 g/mol. The molecule has 5 nitrogen and oxygen atoms in total. The lowest BCUT2D eigenvalue weighted by Gasteiger charge is -2.20. The second kappa shape index (κ2) is 9.06. The molecule has 0 heterocycles. The van der Waals surface area contributed by atoms with E-state index in [9.17, 15) is 9.59 Å². The van der Waals surface area contributed by atoms with E-state index in [4.69, 9.17) is 4.74 Å². The van der Waals surface area contributed by atoms with Crippen LogP contribution in [0.25, 0.3) is 0 Å². The number of carbonyl (C=O) groups is 2. The quantitative estimate of drug-likeness (QED) is 0.752. The van der Waals surface area contributed by atoms with Gasteiger partial charge < -0.3 is 15.4 Å². The molecule has 1 aliphatic rings. The molecule has 144 valence electrons. The summed E-state index contributed by atoms with van der Waals surface area (Å²) in [6.07, 6.45) is 5.35. The summed E-state index contributed by atoms with van der Waals surface area (Å²) in [6.45, 7) is 7.91. The van der Waals surface area contributed by atoms with Crippen LogP contribution < -0.4 is 10.6 Å². The Morgan fingerprint density at radius 2 is 1.85 bits per heavy atom. The molecule has 1 aromatic rings. The minimum absolute atomic E-state index is 0.00112. The van der Waals surface area contributed by atoms with Crippen LogP contribution in [0.3, 0.4) is 0 Å². The number of amides is 2. The van der Waals surface area contributed by atoms with Gasteiger partial charge in [-0.05, 0) is 76.5 Å². The number of hydrogen-bond acceptors (Lipinski definition) is 3. The maximum Gasteiger partial charge on any atom is 0.407 e. The van der Waals surface area contributed by atoms with Crippen molar-refractivity contribution in [2.24, 2.45) is 0 Å². The molecule has 1 atom stereocenters. The number of rotatable bonds is 6. The van der Waals surface area contributed by atoms with Gasteiger partial charge >= 0.3 is 6.09 Å². The zero-order valence-electron chi connectivity index (χ0n) is 16.5. The normalized spacial score (nSPS) is 14.9. The minimum Gasteiger partial charge on any atom is -0.444 e. The van der Waals surface area contributed by atoms with Gasteiger partial charge in [0.15, 0.2) is 0 Å². The molecule has 0 unspecified atom stereocenters. The summed E-state index contributed by atoms with van der Waals surface area (Å²) in [7, 11) is 0. The topological polar surface area (TPSA) is 67.4 Å². The second-order valence-corrected chi connectivity index (χ2v) is 8.06. The van der Waals surface area contributed by atoms with Crippen LogP contribution in [0.15, 0.2) is 18.2 Å². The number of benzene rings is 1. The van der Waals surface area contributed by atoms with Crippen molar-refractivity contribution in [3.05, 3.63) is 34.9 Å². The average Bonchev–Trinajstić information content (AvgIpc) is 2.56. The highest BCUT2D eigenvalue weighted by Crippen LogP contribution is 2.24. The second-order valence-electron chi connectivity index (χ2n) is 8.06. The summed E-state index contributed by atoms with van der Waals surface area (Å²) in [5, 5.41) is 5.72. The number of alkyl carbamates (subject to hydrolysis) is 1. The molecule has 0 fully saturated rings. The molecule has 0 aliphatic heterocycles. The van der Waals surface area contributed by atoms with Gasteiger partial charge in [-0.15, -0.1) is 0 Å². The third-order valence-electron chi connectivity index (χ3n) is 4.50. The van der Waals surface area contributed by atoms with Crippen LogP contribution in [0.2, 0.25) is 0 Å². The summed E-state index contributed by atoms with van der Waals surface area (Å²) in [4.78, 5) is 23.7. The predicted octanol–water partition coefficient (Wildman–Crippen LogP) is 4.05. The van der Waals surface area contributed by atoms with Crippen LogP contribution in [0, 0.1) is 0 Å². The number of nitrogens with one attached hydrogen (secondary N) is 2. The number of aryl methyl sites for hydroxylation is 2. The molecule has 0 saturated carbocycles. The zero-order valence-corrected chi connectivity index (χ0v) is 16.5. The van der Waals surface area contributed by atoms with Gasteiger partial charge in [0.25, 0.3) is 0 Å². The van der Waals surface area contributed by atoms with Gasteiger partial charge in [0.1, 0.15) is 5.60 Å². The molecule has 1 aromatic carbocycles. The average molecular weight is 360 g/mol. The molecule has 5 heteroatoms. The van der Waals surface area contributed by atoms with E-state index >= 15 is 0 Å². The summed E-state index contributed by atoms with van der Waals surface area (Å²) in [5.74, 6) is 0.00112. The van der Waals surface area contributed by atoms with Gasteiger partial charge in [-0.1, -0.05) is 18.2 Å². The number of carbonyl (C=O) groups excluding carboxylic acids is 2. The molecular formula is C21H32N2O3. The van der Waals surface area contributed by atoms with E-state index in [1.54, 1.807) is 0 Å². The molecule has 2 amide bonds. The van der Waals surface area contributed by atoms with Crippen molar-refractivity contribution < 1.29 is 14.3 Å². The highest BCUT2D eigenvalue weighted by atomic mass is 16.6. The van der Waals surface area contributed by atoms with E-state index in [0.717, 1.165) is 12.0 Å². The van der Waals surface area contributed by atoms with Gasteiger partial charge in [-0.3, -0.25) is 4.79 Å². The van der Waals surface area contributed by atoms with Crippen LogP contribution in [0.4, 0.5) is 4.79 Å². The standard InChI is InChI=1S/C21H32N2O3/c1-15(17-12-11-16-8-5-6-9-18(16)14-17)23-19(24)10-7-13-22-20(25)26-21(2,3)4/h11-12,14-15H,5-10,13H2,1-4H3,(H,22,25)(H,23,24)/t15-/m0/s1. The highest BCUT2D eigenvalue weighted by molar-refractivity contribution is 5.76. The Bertz CT molecular complexity index is 635. The van der Waals surface area contributed by atoms with Crippen LogP contribution in [-0.4, -0.2) is 24.1 Å². The van der Waals surface area contributed by atoms with Crippen molar-refractivity contribution in [1.82, 2.24) is 10.6 Å². The molecule has 26 heavy (non-hydrogen) atoms. The van der Waals surface area contributed by atoms with Crippen molar-refractivity contribution in [1.29, 1.82) is 0 Å². The molecule has 0 spiro atoms. The molecular weight excluding hydrogens is 328 g/mol. The van der Waals surface area contributed by atoms with Crippen LogP contribution in [0.5, 0.6) is 0 Å². The maximum absolute atomic E-state index is 12.1. The molecule has 0 radical (unpaired) electrons. The molecule has 0 saturated heterocycles. The summed E-state index contributed by atoms with van der Waals surface area (Å²) >= 11 is 0. The lowest BCUT2D eigenvalue weighted by Crippen LogP contribution is -2.33. The van der Waals surface area contributed by atoms with Crippen LogP contribution >= 0.6 is 0 Å². The first kappa shape index (κ1) is 20.3. The van der Waals surface area contributed by atoms with Crippen LogP contribution in [-0.2, 0) is 22.4 Å². The fourth-order valence-electron chi connectivity index (χ4n) is 3.17. The SMILES string of the molecule is C[C@H](NC(=O)CCCNC(=O)OC(C)(C)C)c1ccc2c(c1)CCCC2. The Kier molecular flexibility index (Phi) is 7.06. The zero-order chi connectivity index (χ0) is 19.2. The van der Waals surface area contributed by atoms with Gasteiger partial charge in [-0.25, -0.2) is 4.79 Å². The Morgan fingerprint density at radius 1 is 1.15 bits per heavy atom. The molecule has 0 aromatic heterocycles. The Morgan fingerprint density at radius 3 is 2.54 bits per heavy atom. The first-order valence-electron chi connectivity index (χ1n) is 9.62. The first-order chi connectivity index (χ1) is 12.2. The lowest BCUT2D eigenvalue weighted by molar-refractivity contribution is -0.121. The Hall–Kier alpha value is -2.04. The van der Waals surface area contributed by atoms with Crippen molar-refractivity contribution in [2.75, 3.05) is 6.54 Å². The van der Waals surface area contributed by atoms with E-state index in [-0.39, 0.29) is 11.9 Å². The van der Waals surface area contributed by atoms with Crippen molar-refractivity contribution in [2.45, 2.75) is 77.9 Å². The van der Waals surface area contributed by atoms with E-state index in [1.807, 2.05) is 27.7 Å². The number of fused-ring (bicyclic) bond motifs is 1. The molecule has 1 aliphatic carbocycles. The van der Waals surface area contributed by atoms with Crippen molar-refractivity contribution >= 4 is 12.0 Å². The Labute approximate surface area is 156 Å². The molecule has 0 bridgehead atoms. The van der Waals surface area contributed by atoms with E-state index in [1.165, 1.54) is 30.4 Å². The van der Waals surface area contributed by atoms with E-state index < -0.39 is 11.7 Å².